The second-order valence-electron chi connectivity index (χ2n) is 5.42. The van der Waals surface area contributed by atoms with Gasteiger partial charge in [-0.3, -0.25) is 0 Å². The predicted molar refractivity (Wildman–Crippen MR) is 97.7 cm³/mol. The summed E-state index contributed by atoms with van der Waals surface area (Å²) >= 11 is 7.09. The van der Waals surface area contributed by atoms with Gasteiger partial charge in [-0.05, 0) is 43.8 Å². The molecule has 1 saturated heterocycles. The van der Waals surface area contributed by atoms with E-state index in [2.05, 4.69) is 42.0 Å². The Balaban J connectivity index is 2.12. The van der Waals surface area contributed by atoms with Crippen LogP contribution >= 0.6 is 24.0 Å². The van der Waals surface area contributed by atoms with Crippen LogP contribution in [0, 0.1) is 0 Å². The summed E-state index contributed by atoms with van der Waals surface area (Å²) in [6.07, 6.45) is 2.68. The van der Waals surface area contributed by atoms with Crippen LogP contribution in [0.1, 0.15) is 25.3 Å². The molecule has 0 radical (unpaired) electrons. The molecule has 0 atom stereocenters. The average molecular weight is 324 g/mol. The highest BCUT2D eigenvalue weighted by molar-refractivity contribution is 7.99. The molecule has 2 rings (SSSR count). The Labute approximate surface area is 137 Å². The second-order valence-corrected chi connectivity index (χ2v) is 7.16. The minimum absolute atomic E-state index is 0.495. The van der Waals surface area contributed by atoms with Crippen molar-refractivity contribution in [3.05, 3.63) is 23.8 Å². The summed E-state index contributed by atoms with van der Waals surface area (Å²) in [5.41, 5.74) is 8.17. The Kier molecular flexibility index (Phi) is 6.33. The zero-order valence-corrected chi connectivity index (χ0v) is 14.6. The van der Waals surface area contributed by atoms with Crippen LogP contribution < -0.4 is 10.6 Å². The first-order valence-corrected chi connectivity index (χ1v) is 9.02. The summed E-state index contributed by atoms with van der Waals surface area (Å²) in [7, 11) is 2.13. The van der Waals surface area contributed by atoms with Crippen molar-refractivity contribution in [2.45, 2.75) is 24.7 Å². The average Bonchev–Trinajstić information content (AvgIpc) is 2.98. The van der Waals surface area contributed by atoms with Gasteiger partial charge in [0, 0.05) is 36.3 Å². The monoisotopic (exact) mass is 323 g/mol. The number of nitrogens with two attached hydrogens (primary N) is 1. The maximum absolute atomic E-state index is 5.98. The lowest BCUT2D eigenvalue weighted by atomic mass is 10.1. The van der Waals surface area contributed by atoms with Crippen LogP contribution in [0.15, 0.2) is 23.1 Å². The quantitative estimate of drug-likeness (QED) is 0.616. The summed E-state index contributed by atoms with van der Waals surface area (Å²) in [5.74, 6) is 1.02. The van der Waals surface area contributed by atoms with Gasteiger partial charge in [0.2, 0.25) is 0 Å². The molecule has 1 aromatic carbocycles. The highest BCUT2D eigenvalue weighted by Gasteiger charge is 2.16. The van der Waals surface area contributed by atoms with E-state index in [1.807, 2.05) is 0 Å². The van der Waals surface area contributed by atoms with E-state index < -0.39 is 0 Å². The highest BCUT2D eigenvalue weighted by Crippen LogP contribution is 2.30. The summed E-state index contributed by atoms with van der Waals surface area (Å²) in [6.45, 7) is 6.75. The Bertz CT molecular complexity index is 484. The SMILES string of the molecule is CCSc1cccc(N(C)CCN2CCCC2)c1C(N)=S. The summed E-state index contributed by atoms with van der Waals surface area (Å²) < 4.78 is 0. The lowest BCUT2D eigenvalue weighted by molar-refractivity contribution is 0.346. The Morgan fingerprint density at radius 3 is 2.71 bits per heavy atom. The lowest BCUT2D eigenvalue weighted by Gasteiger charge is -2.26. The molecule has 0 spiro atoms. The molecule has 0 amide bonds. The topological polar surface area (TPSA) is 32.5 Å². The Morgan fingerprint density at radius 2 is 2.10 bits per heavy atom. The maximum Gasteiger partial charge on any atom is 0.107 e. The fourth-order valence-electron chi connectivity index (χ4n) is 2.78. The molecule has 116 valence electrons. The third kappa shape index (κ3) is 4.34. The van der Waals surface area contributed by atoms with Crippen LogP contribution in [0.4, 0.5) is 5.69 Å². The number of likely N-dealkylation sites (tertiary alicyclic amines) is 1. The van der Waals surface area contributed by atoms with E-state index in [9.17, 15) is 0 Å². The molecule has 0 aliphatic carbocycles. The largest absolute Gasteiger partial charge is 0.389 e. The number of hydrogen-bond donors (Lipinski definition) is 1. The molecule has 1 heterocycles. The Morgan fingerprint density at radius 1 is 1.38 bits per heavy atom. The molecular formula is C16H25N3S2. The number of benzene rings is 1. The van der Waals surface area contributed by atoms with E-state index >= 15 is 0 Å². The zero-order valence-electron chi connectivity index (χ0n) is 13.0. The van der Waals surface area contributed by atoms with Crippen molar-refractivity contribution in [1.82, 2.24) is 4.90 Å². The molecule has 2 N–H and O–H groups in total. The van der Waals surface area contributed by atoms with Crippen molar-refractivity contribution >= 4 is 34.7 Å². The van der Waals surface area contributed by atoms with Crippen LogP contribution in [-0.4, -0.2) is 48.9 Å². The first-order chi connectivity index (χ1) is 10.1. The molecule has 1 aromatic rings. The van der Waals surface area contributed by atoms with Gasteiger partial charge in [-0.2, -0.15) is 0 Å². The molecular weight excluding hydrogens is 298 g/mol. The van der Waals surface area contributed by atoms with Gasteiger partial charge >= 0.3 is 0 Å². The number of thioether (sulfide) groups is 1. The second kappa shape index (κ2) is 8.01. The molecule has 1 aliphatic rings. The van der Waals surface area contributed by atoms with Crippen molar-refractivity contribution in [1.29, 1.82) is 0 Å². The third-order valence-corrected chi connectivity index (χ3v) is 5.06. The van der Waals surface area contributed by atoms with Gasteiger partial charge in [-0.1, -0.05) is 25.2 Å². The summed E-state index contributed by atoms with van der Waals surface area (Å²) in [4.78, 5) is 6.50. The van der Waals surface area contributed by atoms with Gasteiger partial charge in [0.25, 0.3) is 0 Å². The van der Waals surface area contributed by atoms with Gasteiger partial charge in [-0.25, -0.2) is 0 Å². The normalized spacial score (nSPS) is 15.3. The van der Waals surface area contributed by atoms with E-state index in [1.165, 1.54) is 30.8 Å². The number of hydrogen-bond acceptors (Lipinski definition) is 4. The highest BCUT2D eigenvalue weighted by atomic mass is 32.2. The van der Waals surface area contributed by atoms with E-state index in [1.54, 1.807) is 11.8 Å². The number of thiocarbonyl (C=S) groups is 1. The van der Waals surface area contributed by atoms with Crippen LogP contribution in [0.3, 0.4) is 0 Å². The molecule has 3 nitrogen and oxygen atoms in total. The minimum atomic E-state index is 0.495. The zero-order chi connectivity index (χ0) is 15.2. The number of likely N-dealkylation sites (N-methyl/N-ethyl adjacent to an activating group) is 1. The minimum Gasteiger partial charge on any atom is -0.389 e. The molecule has 1 aliphatic heterocycles. The molecule has 21 heavy (non-hydrogen) atoms. The van der Waals surface area contributed by atoms with E-state index in [4.69, 9.17) is 18.0 Å². The first kappa shape index (κ1) is 16.6. The summed E-state index contributed by atoms with van der Waals surface area (Å²) in [6, 6.07) is 6.33. The molecule has 1 fully saturated rings. The van der Waals surface area contributed by atoms with Crippen molar-refractivity contribution in [2.24, 2.45) is 5.73 Å². The molecule has 0 aromatic heterocycles. The van der Waals surface area contributed by atoms with E-state index in [0.29, 0.717) is 4.99 Å². The maximum atomic E-state index is 5.98. The number of anilines is 1. The van der Waals surface area contributed by atoms with Gasteiger partial charge in [0.05, 0.1) is 0 Å². The fraction of sp³-hybridized carbons (Fsp3) is 0.562. The molecule has 0 unspecified atom stereocenters. The van der Waals surface area contributed by atoms with Gasteiger partial charge in [0.15, 0.2) is 0 Å². The number of nitrogens with zero attached hydrogens (tertiary/aromatic N) is 2. The fourth-order valence-corrected chi connectivity index (χ4v) is 3.90. The number of rotatable bonds is 7. The van der Waals surface area contributed by atoms with Crippen molar-refractivity contribution in [2.75, 3.05) is 43.9 Å². The standard InChI is InChI=1S/C16H25N3S2/c1-3-21-14-8-6-7-13(15(14)16(17)20)18(2)11-12-19-9-4-5-10-19/h6-8H,3-5,9-12H2,1-2H3,(H2,17,20). The Hall–Kier alpha value is -0.780. The third-order valence-electron chi connectivity index (χ3n) is 3.91. The van der Waals surface area contributed by atoms with Crippen molar-refractivity contribution < 1.29 is 0 Å². The van der Waals surface area contributed by atoms with Gasteiger partial charge in [0.1, 0.15) is 4.99 Å². The van der Waals surface area contributed by atoms with Crippen LogP contribution in [-0.2, 0) is 0 Å². The van der Waals surface area contributed by atoms with Crippen LogP contribution in [0.5, 0.6) is 0 Å². The smallest absolute Gasteiger partial charge is 0.107 e. The van der Waals surface area contributed by atoms with E-state index in [-0.39, 0.29) is 0 Å². The molecule has 0 saturated carbocycles. The predicted octanol–water partition coefficient (Wildman–Crippen LogP) is 2.96. The molecule has 0 bridgehead atoms. The van der Waals surface area contributed by atoms with Crippen LogP contribution in [0.2, 0.25) is 0 Å². The van der Waals surface area contributed by atoms with E-state index in [0.717, 1.165) is 30.1 Å². The first-order valence-electron chi connectivity index (χ1n) is 7.62. The van der Waals surface area contributed by atoms with Crippen LogP contribution in [0.25, 0.3) is 0 Å². The van der Waals surface area contributed by atoms with Gasteiger partial charge in [-0.15, -0.1) is 11.8 Å². The molecule has 5 heteroatoms. The lowest BCUT2D eigenvalue weighted by Crippen LogP contribution is -2.32. The van der Waals surface area contributed by atoms with Gasteiger partial charge < -0.3 is 15.5 Å². The van der Waals surface area contributed by atoms with Crippen molar-refractivity contribution in [3.8, 4) is 0 Å². The van der Waals surface area contributed by atoms with Crippen molar-refractivity contribution in [3.63, 3.8) is 0 Å². The summed E-state index contributed by atoms with van der Waals surface area (Å²) in [5, 5.41) is 0.